The Kier molecular flexibility index (Phi) is 21.5. The summed E-state index contributed by atoms with van der Waals surface area (Å²) in [4.78, 5) is 102. The number of nitrogens with one attached hydrogen (secondary N) is 4. The summed E-state index contributed by atoms with van der Waals surface area (Å²) in [6.45, 7) is 12.8. The first kappa shape index (κ1) is 66.6. The van der Waals surface area contributed by atoms with E-state index in [9.17, 15) is 47.9 Å². The fourth-order valence-corrected chi connectivity index (χ4v) is 14.7. The molecule has 20 nitrogen and oxygen atoms in total. The van der Waals surface area contributed by atoms with Gasteiger partial charge in [-0.3, -0.25) is 29.4 Å². The SMILES string of the molecule is CC(C)(C)OC(=O)Nc1nc2cc(NC(=O)C(c3csc4ccc(Cl)cc34)P(=O)(O)O)ccc2s1.Cc1ccc2nc(NC(=O)OC(C)(C)C)sc2c1.Cl.Cl.Nc1nc2cc(NC(=O)C(c3csc4ccc(Cl)cc34)P(=O)(O)O)ccc2s1. The van der Waals surface area contributed by atoms with Gasteiger partial charge in [0.05, 0.1) is 30.6 Å². The summed E-state index contributed by atoms with van der Waals surface area (Å²) in [5.41, 5.74) is 5.41. The van der Waals surface area contributed by atoms with Gasteiger partial charge >= 0.3 is 27.4 Å². The fourth-order valence-electron chi connectivity index (χ4n) is 7.79. The number of aryl methyl sites for hydroxylation is 1. The molecule has 4 amide bonds. The van der Waals surface area contributed by atoms with Crippen molar-refractivity contribution in [1.29, 1.82) is 0 Å². The van der Waals surface area contributed by atoms with Gasteiger partial charge in [-0.25, -0.2) is 24.5 Å². The van der Waals surface area contributed by atoms with Crippen LogP contribution in [-0.4, -0.2) is 69.7 Å². The number of hydrogen-bond donors (Lipinski definition) is 9. The topological polar surface area (TPSA) is 315 Å². The van der Waals surface area contributed by atoms with E-state index in [1.54, 1.807) is 104 Å². The van der Waals surface area contributed by atoms with Gasteiger partial charge in [-0.15, -0.1) is 47.5 Å². The number of aromatic nitrogens is 3. The second kappa shape index (κ2) is 26.8. The van der Waals surface area contributed by atoms with Crippen LogP contribution in [0.5, 0.6) is 0 Å². The smallest absolute Gasteiger partial charge is 0.413 e. The molecule has 0 saturated carbocycles. The van der Waals surface area contributed by atoms with Crippen LogP contribution >= 0.6 is 120 Å². The molecule has 0 aliphatic carbocycles. The van der Waals surface area contributed by atoms with E-state index in [1.807, 2.05) is 45.9 Å². The number of halogens is 4. The minimum absolute atomic E-state index is 0. The molecule has 0 aliphatic heterocycles. The number of amides is 4. The second-order valence-corrected chi connectivity index (χ2v) is 29.0. The molecule has 0 aliphatic rings. The normalized spacial score (nSPS) is 12.4. The minimum Gasteiger partial charge on any atom is -0.444 e. The molecule has 31 heteroatoms. The van der Waals surface area contributed by atoms with Crippen LogP contribution in [0, 0.1) is 6.92 Å². The molecular weight excluding hydrogens is 1290 g/mol. The van der Waals surface area contributed by atoms with Crippen LogP contribution in [0.25, 0.3) is 50.8 Å². The summed E-state index contributed by atoms with van der Waals surface area (Å²) in [5, 5.41) is 16.7. The van der Waals surface area contributed by atoms with E-state index in [0.29, 0.717) is 58.6 Å². The quantitative estimate of drug-likeness (QED) is 0.0575. The third-order valence-electron chi connectivity index (χ3n) is 11.0. The van der Waals surface area contributed by atoms with Gasteiger partial charge in [0.15, 0.2) is 26.7 Å². The zero-order chi connectivity index (χ0) is 58.9. The van der Waals surface area contributed by atoms with Crippen molar-refractivity contribution in [3.05, 3.63) is 128 Å². The molecule has 2 atom stereocenters. The molecule has 0 bridgehead atoms. The van der Waals surface area contributed by atoms with Gasteiger partial charge in [0.2, 0.25) is 11.8 Å². The fraction of sp³-hybridized carbons (Fsp3) is 0.212. The molecule has 0 spiro atoms. The van der Waals surface area contributed by atoms with Crippen molar-refractivity contribution in [1.82, 2.24) is 15.0 Å². The van der Waals surface area contributed by atoms with E-state index in [-0.39, 0.29) is 35.9 Å². The third-order valence-corrected chi connectivity index (χ3v) is 18.5. The van der Waals surface area contributed by atoms with Gasteiger partial charge < -0.3 is 45.4 Å². The molecule has 0 fully saturated rings. The summed E-state index contributed by atoms with van der Waals surface area (Å²) < 4.78 is 39.1. The van der Waals surface area contributed by atoms with Crippen LogP contribution < -0.4 is 27.0 Å². The number of carbonyl (C=O) groups excluding carboxylic acids is 4. The molecule has 440 valence electrons. The zero-order valence-corrected chi connectivity index (χ0v) is 53.5. The summed E-state index contributed by atoms with van der Waals surface area (Å²) in [6.07, 6.45) is -1.11. The monoisotopic (exact) mass is 1340 g/mol. The molecule has 0 saturated heterocycles. The lowest BCUT2D eigenvalue weighted by Crippen LogP contribution is -2.27. The molecule has 5 aromatic heterocycles. The summed E-state index contributed by atoms with van der Waals surface area (Å²) in [6, 6.07) is 25.9. The summed E-state index contributed by atoms with van der Waals surface area (Å²) >= 11 is 18.6. The Balaban J connectivity index is 0.000000207. The van der Waals surface area contributed by atoms with Crippen molar-refractivity contribution < 1.29 is 57.4 Å². The van der Waals surface area contributed by atoms with E-state index < -0.39 is 61.7 Å². The largest absolute Gasteiger partial charge is 0.444 e. The Hall–Kier alpha value is -5.57. The summed E-state index contributed by atoms with van der Waals surface area (Å²) in [5.74, 6) is -1.67. The van der Waals surface area contributed by atoms with Crippen molar-refractivity contribution in [3.63, 3.8) is 0 Å². The van der Waals surface area contributed by atoms with E-state index in [4.69, 9.17) is 38.4 Å². The minimum atomic E-state index is -4.88. The van der Waals surface area contributed by atoms with Gasteiger partial charge in [0.25, 0.3) is 0 Å². The number of fused-ring (bicyclic) bond motifs is 5. The van der Waals surface area contributed by atoms with Crippen LogP contribution in [0.3, 0.4) is 0 Å². The zero-order valence-electron chi connectivity index (χ0n) is 44.5. The van der Waals surface area contributed by atoms with Crippen molar-refractivity contribution >= 4 is 221 Å². The molecule has 83 heavy (non-hydrogen) atoms. The van der Waals surface area contributed by atoms with Crippen LogP contribution in [0.15, 0.2) is 102 Å². The van der Waals surface area contributed by atoms with E-state index >= 15 is 0 Å². The Bertz CT molecular complexity index is 4150. The molecule has 5 aromatic carbocycles. The first-order valence-corrected chi connectivity index (χ1v) is 32.2. The predicted molar refractivity (Wildman–Crippen MR) is 343 cm³/mol. The molecule has 10 rings (SSSR count). The number of thiazole rings is 3. The average Bonchev–Trinajstić information content (AvgIpc) is 3.30. The molecule has 10 aromatic rings. The highest BCUT2D eigenvalue weighted by Gasteiger charge is 2.40. The third kappa shape index (κ3) is 17.5. The number of nitrogen functional groups attached to an aromatic ring is 1. The van der Waals surface area contributed by atoms with E-state index in [0.717, 1.165) is 29.0 Å². The van der Waals surface area contributed by atoms with E-state index in [1.165, 1.54) is 62.2 Å². The standard InChI is InChI=1S/C22H21ClN3O6PS2.C17H13ClN3O4PS2.C13H16N2O2S.2ClH/c1-22(2,3)32-21(28)26-20-25-15-9-12(5-7-17(15)35-20)24-19(27)18(33(29,30)31)14-10-34-16-6-4-11(23)8-13(14)16;18-8-1-3-13-10(5-8)11(7-27-13)15(26(23,24)25)16(22)20-9-2-4-14-12(6-9)21-17(19)28-14;1-8-5-6-9-10(7-8)18-11(14-9)15-12(16)17-13(2,3)4;;/h4-10,18H,1-3H3,(H,24,27)(H,25,26,28)(H2,29,30,31);1-7,15H,(H2,19,21)(H,20,22)(H2,23,24,25);5-7H,1-4H3,(H,14,15,16);2*1H. The second-order valence-electron chi connectivity index (χ2n) is 19.8. The first-order chi connectivity index (χ1) is 37.8. The Morgan fingerprint density at radius 2 is 0.952 bits per heavy atom. The van der Waals surface area contributed by atoms with E-state index in [2.05, 4.69) is 36.2 Å². The Labute approximate surface area is 516 Å². The molecule has 2 unspecified atom stereocenters. The number of nitrogens with zero attached hydrogens (tertiary/aromatic N) is 3. The molecular formula is C52H52Cl4N8O12P2S5. The highest BCUT2D eigenvalue weighted by atomic mass is 35.5. The van der Waals surface area contributed by atoms with Gasteiger partial charge in [0, 0.05) is 30.8 Å². The number of thiophene rings is 2. The van der Waals surface area contributed by atoms with Crippen molar-refractivity contribution in [2.45, 2.75) is 71.0 Å². The van der Waals surface area contributed by atoms with Crippen LogP contribution in [-0.2, 0) is 28.2 Å². The Morgan fingerprint density at radius 3 is 1.40 bits per heavy atom. The van der Waals surface area contributed by atoms with Gasteiger partial charge in [-0.2, -0.15) is 0 Å². The number of rotatable bonds is 10. The van der Waals surface area contributed by atoms with Crippen molar-refractivity contribution in [2.24, 2.45) is 0 Å². The maximum Gasteiger partial charge on any atom is 0.413 e. The predicted octanol–water partition coefficient (Wildman–Crippen LogP) is 15.8. The number of ether oxygens (including phenoxy) is 2. The molecule has 10 N–H and O–H groups in total. The highest BCUT2D eigenvalue weighted by molar-refractivity contribution is 7.53. The lowest BCUT2D eigenvalue weighted by atomic mass is 10.1. The van der Waals surface area contributed by atoms with Gasteiger partial charge in [0.1, 0.15) is 11.2 Å². The number of nitrogens with two attached hydrogens (primary N) is 1. The van der Waals surface area contributed by atoms with Gasteiger partial charge in [-0.05, 0) is 172 Å². The maximum absolute atomic E-state index is 13.1. The average molecular weight is 1350 g/mol. The number of carbonyl (C=O) groups is 4. The lowest BCUT2D eigenvalue weighted by molar-refractivity contribution is -0.117. The molecule has 0 radical (unpaired) electrons. The summed E-state index contributed by atoms with van der Waals surface area (Å²) in [7, 11) is -9.68. The maximum atomic E-state index is 13.1. The van der Waals surface area contributed by atoms with Crippen molar-refractivity contribution in [3.8, 4) is 0 Å². The first-order valence-electron chi connectivity index (χ1n) is 23.8. The van der Waals surface area contributed by atoms with Crippen molar-refractivity contribution in [2.75, 3.05) is 27.0 Å². The number of anilines is 5. The molecule has 5 heterocycles. The Morgan fingerprint density at radius 1 is 0.542 bits per heavy atom. The lowest BCUT2D eigenvalue weighted by Gasteiger charge is -2.18. The number of hydrogen-bond acceptors (Lipinski definition) is 17. The van der Waals surface area contributed by atoms with Crippen LogP contribution in [0.2, 0.25) is 10.0 Å². The number of benzene rings is 5. The van der Waals surface area contributed by atoms with Crippen LogP contribution in [0.1, 0.15) is 69.6 Å². The van der Waals surface area contributed by atoms with Gasteiger partial charge in [-0.1, -0.05) is 63.3 Å². The highest BCUT2D eigenvalue weighted by Crippen LogP contribution is 2.56. The van der Waals surface area contributed by atoms with Crippen LogP contribution in [0.4, 0.5) is 36.4 Å².